The van der Waals surface area contributed by atoms with Crippen molar-refractivity contribution in [3.8, 4) is 11.5 Å². The molecule has 2 aliphatic heterocycles. The number of carbonyl (C=O) groups is 2. The number of ether oxygens (including phenoxy) is 2. The number of rotatable bonds is 13. The predicted octanol–water partition coefficient (Wildman–Crippen LogP) is 5.84. The number of benzene rings is 2. The van der Waals surface area contributed by atoms with Crippen LogP contribution >= 0.6 is 12.4 Å². The number of amides is 1. The highest BCUT2D eigenvalue weighted by molar-refractivity contribution is 7.90. The SMILES string of the molecule is CCc1nc2ccc(OC)cn2c1C(=O)NCc1ccc(N2CCN(S(=O)(=O)C(F)(F)F)C=N2)cc1.CCc1nc2ccc(OC)cn2c1C(=O)O.Cl.NCc1ccc(N2CCN(S(=O)(=O)C(F)(F)F)C=N2)cc1. The van der Waals surface area contributed by atoms with Gasteiger partial charge in [0.2, 0.25) is 0 Å². The largest absolute Gasteiger partial charge is 0.516 e. The summed E-state index contributed by atoms with van der Waals surface area (Å²) in [5.74, 6) is -0.0809. The molecule has 400 valence electrons. The van der Waals surface area contributed by atoms with Crippen LogP contribution in [-0.4, -0.2) is 125 Å². The van der Waals surface area contributed by atoms with E-state index >= 15 is 0 Å². The number of hydrazone groups is 2. The van der Waals surface area contributed by atoms with Crippen molar-refractivity contribution >= 4 is 79.7 Å². The summed E-state index contributed by atoms with van der Waals surface area (Å²) >= 11 is 0. The van der Waals surface area contributed by atoms with E-state index in [-0.39, 0.29) is 58.8 Å². The van der Waals surface area contributed by atoms with E-state index in [4.69, 9.17) is 20.3 Å². The molecule has 30 heteroatoms. The zero-order valence-corrected chi connectivity index (χ0v) is 42.1. The molecular weight excluding hydrogens is 1050 g/mol. The summed E-state index contributed by atoms with van der Waals surface area (Å²) in [5.41, 5.74) is 0.747. The minimum Gasteiger partial charge on any atom is -0.495 e. The summed E-state index contributed by atoms with van der Waals surface area (Å²) < 4.78 is 135. The van der Waals surface area contributed by atoms with Gasteiger partial charge in [0, 0.05) is 13.1 Å². The first-order chi connectivity index (χ1) is 34.5. The van der Waals surface area contributed by atoms with Gasteiger partial charge in [0.05, 0.1) is 75.6 Å². The van der Waals surface area contributed by atoms with E-state index in [9.17, 15) is 52.8 Å². The number of aromatic nitrogens is 4. The third-order valence-corrected chi connectivity index (χ3v) is 13.9. The average molecular weight is 1100 g/mol. The standard InChI is InChI=1S/C22H23F3N6O4S.C11H13F3N4O2S.C11H12N2O3.ClH/c1-3-18-20(30-13-17(35-2)8-9-19(30)28-18)21(32)26-12-15-4-6-16(7-5-15)31-11-10-29(14-27-31)36(33,34)22(23,24)25;12-11(13,14)21(19,20)17-5-6-18(16-8-17)10-3-1-9(7-15)2-4-10;1-3-8-10(11(14)15)13-6-7(16-2)4-5-9(13)12-8;/h4-9,13-14H,3,10-12H2,1-2H3,(H,26,32);1-4,8H,5-7,15H2;4-6H,3H2,1-2H3,(H,14,15);1H. The number of halogens is 7. The van der Waals surface area contributed by atoms with Gasteiger partial charge in [0.15, 0.2) is 5.69 Å². The predicted molar refractivity (Wildman–Crippen MR) is 263 cm³/mol. The van der Waals surface area contributed by atoms with Gasteiger partial charge in [-0.2, -0.15) is 53.4 Å². The summed E-state index contributed by atoms with van der Waals surface area (Å²) in [7, 11) is -7.76. The van der Waals surface area contributed by atoms with E-state index in [1.165, 1.54) is 17.1 Å². The van der Waals surface area contributed by atoms with E-state index in [0.717, 1.165) is 11.1 Å². The number of carboxylic acids is 1. The maximum absolute atomic E-state index is 13.0. The number of nitrogens with one attached hydrogen (secondary N) is 1. The highest BCUT2D eigenvalue weighted by Gasteiger charge is 2.51. The number of alkyl halides is 6. The molecule has 21 nitrogen and oxygen atoms in total. The fourth-order valence-electron chi connectivity index (χ4n) is 7.08. The van der Waals surface area contributed by atoms with E-state index in [2.05, 4.69) is 25.5 Å². The minimum absolute atomic E-state index is 0. The molecule has 6 heterocycles. The molecular formula is C44H49ClF6N12O9S2. The quantitative estimate of drug-likeness (QED) is 0.115. The fraction of sp³-hybridized carbons (Fsp3) is 0.318. The molecule has 0 saturated carbocycles. The normalized spacial score (nSPS) is 13.9. The number of fused-ring (bicyclic) bond motifs is 2. The molecule has 4 N–H and O–H groups in total. The van der Waals surface area contributed by atoms with Crippen LogP contribution in [0.15, 0.2) is 95.4 Å². The number of sulfonamides is 2. The second-order valence-corrected chi connectivity index (χ2v) is 19.2. The number of carbonyl (C=O) groups excluding carboxylic acids is 1. The maximum Gasteiger partial charge on any atom is 0.516 e. The zero-order valence-electron chi connectivity index (χ0n) is 39.6. The van der Waals surface area contributed by atoms with Crippen molar-refractivity contribution in [3.63, 3.8) is 0 Å². The summed E-state index contributed by atoms with van der Waals surface area (Å²) in [4.78, 5) is 32.9. The number of carboxylic acid groups (broad SMARTS) is 1. The molecule has 0 atom stereocenters. The van der Waals surface area contributed by atoms with Crippen molar-refractivity contribution in [2.24, 2.45) is 15.9 Å². The van der Waals surface area contributed by atoms with Gasteiger partial charge < -0.3 is 25.6 Å². The first-order valence-electron chi connectivity index (χ1n) is 21.8. The van der Waals surface area contributed by atoms with Crippen molar-refractivity contribution in [3.05, 3.63) is 119 Å². The average Bonchev–Trinajstić information content (AvgIpc) is 3.96. The number of nitrogens with zero attached hydrogens (tertiary/aromatic N) is 10. The van der Waals surface area contributed by atoms with Crippen molar-refractivity contribution in [1.82, 2.24) is 32.7 Å². The van der Waals surface area contributed by atoms with Crippen LogP contribution in [0.2, 0.25) is 0 Å². The molecule has 0 spiro atoms. The van der Waals surface area contributed by atoms with Crippen molar-refractivity contribution in [1.29, 1.82) is 0 Å². The topological polar surface area (TPSA) is 251 Å². The zero-order chi connectivity index (χ0) is 53.5. The van der Waals surface area contributed by atoms with E-state index in [1.54, 1.807) is 101 Å². The number of hydrogen-bond acceptors (Lipinski definition) is 15. The molecule has 2 aliphatic rings. The lowest BCUT2D eigenvalue weighted by molar-refractivity contribution is -0.0477. The number of anilines is 2. The van der Waals surface area contributed by atoms with Gasteiger partial charge in [0.25, 0.3) is 5.91 Å². The van der Waals surface area contributed by atoms with Crippen LogP contribution in [0.1, 0.15) is 57.3 Å². The smallest absolute Gasteiger partial charge is 0.495 e. The van der Waals surface area contributed by atoms with E-state index in [1.807, 2.05) is 13.8 Å². The van der Waals surface area contributed by atoms with Crippen LogP contribution < -0.4 is 30.5 Å². The number of imidazole rings is 2. The van der Waals surface area contributed by atoms with Crippen LogP contribution in [0.4, 0.5) is 37.7 Å². The Hall–Kier alpha value is -7.37. The number of hydrogen-bond donors (Lipinski definition) is 3. The molecule has 0 aliphatic carbocycles. The molecule has 6 aromatic rings. The molecule has 4 aromatic heterocycles. The Morgan fingerprint density at radius 3 is 1.41 bits per heavy atom. The molecule has 0 fully saturated rings. The van der Waals surface area contributed by atoms with E-state index in [0.29, 0.717) is 83.3 Å². The third kappa shape index (κ3) is 12.7. The Kier molecular flexibility index (Phi) is 18.4. The fourth-order valence-corrected chi connectivity index (χ4v) is 8.59. The maximum atomic E-state index is 13.0. The molecule has 1 amide bonds. The Balaban J connectivity index is 0.000000225. The lowest BCUT2D eigenvalue weighted by atomic mass is 10.2. The highest BCUT2D eigenvalue weighted by atomic mass is 35.5. The van der Waals surface area contributed by atoms with Crippen LogP contribution in [0.5, 0.6) is 11.5 Å². The first kappa shape index (κ1) is 57.5. The van der Waals surface area contributed by atoms with Gasteiger partial charge in [-0.05, 0) is 72.5 Å². The number of nitrogens with two attached hydrogens (primary N) is 1. The van der Waals surface area contributed by atoms with Crippen LogP contribution in [-0.2, 0) is 46.0 Å². The van der Waals surface area contributed by atoms with Gasteiger partial charge in [-0.1, -0.05) is 38.1 Å². The van der Waals surface area contributed by atoms with Crippen molar-refractivity contribution < 1.29 is 67.3 Å². The molecule has 0 bridgehead atoms. The van der Waals surface area contributed by atoms with E-state index < -0.39 is 43.6 Å². The van der Waals surface area contributed by atoms with Gasteiger partial charge in [-0.15, -0.1) is 12.4 Å². The lowest BCUT2D eigenvalue weighted by Crippen LogP contribution is -2.46. The summed E-state index contributed by atoms with van der Waals surface area (Å²) in [6.07, 6.45) is 5.81. The molecule has 0 radical (unpaired) electrons. The lowest BCUT2D eigenvalue weighted by Gasteiger charge is -2.29. The molecule has 0 unspecified atom stereocenters. The minimum atomic E-state index is -5.46. The van der Waals surface area contributed by atoms with Crippen molar-refractivity contribution in [2.45, 2.75) is 50.8 Å². The van der Waals surface area contributed by atoms with Gasteiger partial charge in [0.1, 0.15) is 41.2 Å². The molecule has 8 rings (SSSR count). The summed E-state index contributed by atoms with van der Waals surface area (Å²) in [5, 5.41) is 22.4. The van der Waals surface area contributed by atoms with Crippen molar-refractivity contribution in [2.75, 3.05) is 50.4 Å². The highest BCUT2D eigenvalue weighted by Crippen LogP contribution is 2.29. The number of pyridine rings is 2. The van der Waals surface area contributed by atoms with Gasteiger partial charge >= 0.3 is 37.0 Å². The van der Waals surface area contributed by atoms with Gasteiger partial charge in [-0.3, -0.25) is 23.6 Å². The number of aromatic carboxylic acids is 1. The Labute approximate surface area is 426 Å². The summed E-state index contributed by atoms with van der Waals surface area (Å²) in [6, 6.07) is 20.8. The second-order valence-electron chi connectivity index (χ2n) is 15.5. The van der Waals surface area contributed by atoms with Crippen LogP contribution in [0.25, 0.3) is 11.3 Å². The second kappa shape index (κ2) is 23.7. The Morgan fingerprint density at radius 2 is 1.05 bits per heavy atom. The molecule has 2 aromatic carbocycles. The third-order valence-electron chi connectivity index (χ3n) is 11.0. The Morgan fingerprint density at radius 1 is 0.649 bits per heavy atom. The Bertz CT molecular complexity index is 3230. The van der Waals surface area contributed by atoms with Gasteiger partial charge in [-0.25, -0.2) is 23.4 Å². The number of methoxy groups -OCH3 is 2. The summed E-state index contributed by atoms with van der Waals surface area (Å²) in [6.45, 7) is 3.63. The monoisotopic (exact) mass is 1100 g/mol. The first-order valence-corrected chi connectivity index (χ1v) is 24.6. The van der Waals surface area contributed by atoms with Crippen LogP contribution in [0.3, 0.4) is 0 Å². The molecule has 0 saturated heterocycles. The molecule has 74 heavy (non-hydrogen) atoms. The van der Waals surface area contributed by atoms with Crippen LogP contribution in [0, 0.1) is 0 Å². The number of aryl methyl sites for hydroxylation is 2.